The third-order valence-corrected chi connectivity index (χ3v) is 3.96. The van der Waals surface area contributed by atoms with Gasteiger partial charge in [-0.3, -0.25) is 19.8 Å². The lowest BCUT2D eigenvalue weighted by Crippen LogP contribution is -2.31. The van der Waals surface area contributed by atoms with Crippen molar-refractivity contribution in [3.8, 4) is 0 Å². The van der Waals surface area contributed by atoms with Gasteiger partial charge >= 0.3 is 5.97 Å². The average molecular weight is 400 g/mol. The highest BCUT2D eigenvalue weighted by molar-refractivity contribution is 5.96. The van der Waals surface area contributed by atoms with Gasteiger partial charge in [-0.25, -0.2) is 0 Å². The molecule has 2 aromatic rings. The number of ether oxygens (including phenoxy) is 1. The van der Waals surface area contributed by atoms with Crippen molar-refractivity contribution in [2.45, 2.75) is 32.2 Å². The van der Waals surface area contributed by atoms with Crippen LogP contribution in [0.25, 0.3) is 0 Å². The number of nitrogens with two attached hydrogens (primary N) is 1. The van der Waals surface area contributed by atoms with Gasteiger partial charge in [0.05, 0.1) is 25.3 Å². The van der Waals surface area contributed by atoms with E-state index in [1.165, 1.54) is 6.26 Å². The lowest BCUT2D eigenvalue weighted by molar-refractivity contribution is -0.144. The van der Waals surface area contributed by atoms with E-state index in [0.717, 1.165) is 0 Å². The molecule has 1 unspecified atom stereocenters. The zero-order valence-electron chi connectivity index (χ0n) is 16.1. The monoisotopic (exact) mass is 400 g/mol. The molecule has 0 bridgehead atoms. The summed E-state index contributed by atoms with van der Waals surface area (Å²) >= 11 is 0. The van der Waals surface area contributed by atoms with Crippen LogP contribution in [0.15, 0.2) is 47.1 Å². The minimum Gasteiger partial charge on any atom is -0.467 e. The Hall–Kier alpha value is -3.62. The van der Waals surface area contributed by atoms with Crippen molar-refractivity contribution in [2.24, 2.45) is 5.73 Å². The van der Waals surface area contributed by atoms with E-state index < -0.39 is 17.9 Å². The SMILES string of the molecule is CCOC(=O)CC(NC(=O)CCC(=O)Nc1ccc(C(=N)N)cc1)c1ccco1. The first-order valence-electron chi connectivity index (χ1n) is 9.11. The van der Waals surface area contributed by atoms with Gasteiger partial charge in [0.2, 0.25) is 11.8 Å². The van der Waals surface area contributed by atoms with E-state index in [0.29, 0.717) is 17.0 Å². The van der Waals surface area contributed by atoms with Gasteiger partial charge in [-0.05, 0) is 43.3 Å². The van der Waals surface area contributed by atoms with Gasteiger partial charge in [-0.15, -0.1) is 0 Å². The maximum atomic E-state index is 12.2. The third kappa shape index (κ3) is 7.13. The van der Waals surface area contributed by atoms with E-state index in [-0.39, 0.29) is 37.6 Å². The maximum Gasteiger partial charge on any atom is 0.308 e. The van der Waals surface area contributed by atoms with Crippen LogP contribution in [0.2, 0.25) is 0 Å². The molecule has 2 amide bonds. The molecule has 2 rings (SSSR count). The van der Waals surface area contributed by atoms with Gasteiger partial charge in [-0.1, -0.05) is 0 Å². The number of esters is 1. The quantitative estimate of drug-likeness (QED) is 0.273. The van der Waals surface area contributed by atoms with Crippen LogP contribution in [-0.4, -0.2) is 30.2 Å². The van der Waals surface area contributed by atoms with Gasteiger partial charge in [0, 0.05) is 24.1 Å². The highest BCUT2D eigenvalue weighted by atomic mass is 16.5. The molecule has 0 saturated carbocycles. The molecule has 0 aliphatic rings. The smallest absolute Gasteiger partial charge is 0.308 e. The minimum absolute atomic E-state index is 0.0371. The van der Waals surface area contributed by atoms with Crippen LogP contribution in [0, 0.1) is 5.41 Å². The second-order valence-electron chi connectivity index (χ2n) is 6.18. The molecule has 9 heteroatoms. The van der Waals surface area contributed by atoms with E-state index in [9.17, 15) is 14.4 Å². The molecule has 29 heavy (non-hydrogen) atoms. The number of benzene rings is 1. The summed E-state index contributed by atoms with van der Waals surface area (Å²) in [7, 11) is 0. The average Bonchev–Trinajstić information content (AvgIpc) is 3.21. The van der Waals surface area contributed by atoms with E-state index >= 15 is 0 Å². The zero-order chi connectivity index (χ0) is 21.2. The first kappa shape index (κ1) is 21.7. The van der Waals surface area contributed by atoms with Crippen molar-refractivity contribution >= 4 is 29.3 Å². The fraction of sp³-hybridized carbons (Fsp3) is 0.300. The van der Waals surface area contributed by atoms with Gasteiger partial charge < -0.3 is 25.5 Å². The first-order valence-corrected chi connectivity index (χ1v) is 9.11. The molecule has 0 saturated heterocycles. The highest BCUT2D eigenvalue weighted by Gasteiger charge is 2.21. The second-order valence-corrected chi connectivity index (χ2v) is 6.18. The summed E-state index contributed by atoms with van der Waals surface area (Å²) < 4.78 is 10.2. The number of nitrogens with one attached hydrogen (secondary N) is 3. The van der Waals surface area contributed by atoms with Crippen molar-refractivity contribution in [1.29, 1.82) is 5.41 Å². The van der Waals surface area contributed by atoms with Crippen LogP contribution < -0.4 is 16.4 Å². The van der Waals surface area contributed by atoms with Crippen LogP contribution in [-0.2, 0) is 19.1 Å². The molecule has 0 aliphatic heterocycles. The minimum atomic E-state index is -0.668. The zero-order valence-corrected chi connectivity index (χ0v) is 16.1. The fourth-order valence-corrected chi connectivity index (χ4v) is 2.55. The van der Waals surface area contributed by atoms with Crippen molar-refractivity contribution in [2.75, 3.05) is 11.9 Å². The van der Waals surface area contributed by atoms with Crippen molar-refractivity contribution in [1.82, 2.24) is 5.32 Å². The number of rotatable bonds is 10. The summed E-state index contributed by atoms with van der Waals surface area (Å²) in [4.78, 5) is 36.1. The number of amides is 2. The van der Waals surface area contributed by atoms with E-state index in [2.05, 4.69) is 10.6 Å². The Morgan fingerprint density at radius 1 is 1.14 bits per heavy atom. The van der Waals surface area contributed by atoms with Crippen molar-refractivity contribution in [3.63, 3.8) is 0 Å². The third-order valence-electron chi connectivity index (χ3n) is 3.96. The Bertz CT molecular complexity index is 846. The molecule has 0 radical (unpaired) electrons. The van der Waals surface area contributed by atoms with Gasteiger partial charge in [0.1, 0.15) is 11.6 Å². The van der Waals surface area contributed by atoms with Crippen molar-refractivity contribution in [3.05, 3.63) is 54.0 Å². The summed E-state index contributed by atoms with van der Waals surface area (Å²) in [6.45, 7) is 1.94. The van der Waals surface area contributed by atoms with Gasteiger partial charge in [0.15, 0.2) is 0 Å². The summed E-state index contributed by atoms with van der Waals surface area (Å²) in [6.07, 6.45) is 1.29. The number of anilines is 1. The fourth-order valence-electron chi connectivity index (χ4n) is 2.55. The molecule has 154 valence electrons. The number of nitrogen functional groups attached to an aromatic ring is 1. The molecule has 0 fully saturated rings. The number of amidine groups is 1. The summed E-state index contributed by atoms with van der Waals surface area (Å²) in [6, 6.07) is 9.13. The Kier molecular flexibility index (Phi) is 7.96. The molecule has 1 atom stereocenters. The molecular formula is C20H24N4O5. The number of hydrogen-bond acceptors (Lipinski definition) is 6. The lowest BCUT2D eigenvalue weighted by Gasteiger charge is -2.16. The molecular weight excluding hydrogens is 376 g/mol. The van der Waals surface area contributed by atoms with Crippen LogP contribution >= 0.6 is 0 Å². The van der Waals surface area contributed by atoms with E-state index in [1.54, 1.807) is 43.3 Å². The maximum absolute atomic E-state index is 12.2. The number of carbonyl (C=O) groups excluding carboxylic acids is 3. The Morgan fingerprint density at radius 3 is 2.41 bits per heavy atom. The van der Waals surface area contributed by atoms with Gasteiger partial charge in [0.25, 0.3) is 0 Å². The predicted octanol–water partition coefficient (Wildman–Crippen LogP) is 2.09. The lowest BCUT2D eigenvalue weighted by atomic mass is 10.1. The standard InChI is InChI=1S/C20H24N4O5/c1-2-28-19(27)12-15(16-4-3-11-29-16)24-18(26)10-9-17(25)23-14-7-5-13(6-8-14)20(21)22/h3-8,11,15H,2,9-10,12H2,1H3,(H3,21,22)(H,23,25)(H,24,26). The molecule has 1 aromatic carbocycles. The molecule has 5 N–H and O–H groups in total. The van der Waals surface area contributed by atoms with Crippen LogP contribution in [0.1, 0.15) is 43.6 Å². The number of furan rings is 1. The summed E-state index contributed by atoms with van der Waals surface area (Å²) in [5.74, 6) is -0.815. The van der Waals surface area contributed by atoms with E-state index in [1.807, 2.05) is 0 Å². The Morgan fingerprint density at radius 2 is 1.83 bits per heavy atom. The largest absolute Gasteiger partial charge is 0.467 e. The normalized spacial score (nSPS) is 11.3. The van der Waals surface area contributed by atoms with Crippen LogP contribution in [0.3, 0.4) is 0 Å². The molecule has 1 heterocycles. The van der Waals surface area contributed by atoms with Crippen LogP contribution in [0.5, 0.6) is 0 Å². The molecule has 0 spiro atoms. The van der Waals surface area contributed by atoms with E-state index in [4.69, 9.17) is 20.3 Å². The summed E-state index contributed by atoms with van der Waals surface area (Å²) in [5.41, 5.74) is 6.47. The summed E-state index contributed by atoms with van der Waals surface area (Å²) in [5, 5.41) is 12.7. The topological polar surface area (TPSA) is 148 Å². The number of carbonyl (C=O) groups is 3. The Labute approximate surface area is 168 Å². The molecule has 9 nitrogen and oxygen atoms in total. The Balaban J connectivity index is 1.85. The highest BCUT2D eigenvalue weighted by Crippen LogP contribution is 2.18. The predicted molar refractivity (Wildman–Crippen MR) is 106 cm³/mol. The molecule has 1 aromatic heterocycles. The molecule has 0 aliphatic carbocycles. The van der Waals surface area contributed by atoms with Crippen molar-refractivity contribution < 1.29 is 23.5 Å². The van der Waals surface area contributed by atoms with Gasteiger partial charge in [-0.2, -0.15) is 0 Å². The van der Waals surface area contributed by atoms with Crippen LogP contribution in [0.4, 0.5) is 5.69 Å². The first-order chi connectivity index (χ1) is 13.9. The number of hydrogen-bond donors (Lipinski definition) is 4. The second kappa shape index (κ2) is 10.6.